The number of piperidine rings is 1. The van der Waals surface area contributed by atoms with Gasteiger partial charge in [0, 0.05) is 6.54 Å². The minimum absolute atomic E-state index is 0. The van der Waals surface area contributed by atoms with E-state index in [4.69, 9.17) is 0 Å². The number of hydrogen-bond acceptors (Lipinski definition) is 3. The van der Waals surface area contributed by atoms with E-state index in [1.165, 1.54) is 12.1 Å². The Hall–Kier alpha value is -0.690. The quantitative estimate of drug-likeness (QED) is 0.877. The van der Waals surface area contributed by atoms with Gasteiger partial charge in [0.2, 0.25) is 10.0 Å². The van der Waals surface area contributed by atoms with Gasteiger partial charge in [-0.15, -0.1) is 12.4 Å². The molecule has 1 heterocycles. The summed E-state index contributed by atoms with van der Waals surface area (Å²) in [6, 6.07) is 2.77. The zero-order valence-corrected chi connectivity index (χ0v) is 14.8. The van der Waals surface area contributed by atoms with Crippen LogP contribution in [-0.2, 0) is 10.0 Å². The molecule has 2 rings (SSSR count). The lowest BCUT2D eigenvalue weighted by Gasteiger charge is -2.34. The second-order valence-corrected chi connectivity index (χ2v) is 8.02. The molecule has 0 amide bonds. The monoisotopic (exact) mass is 350 g/mol. The van der Waals surface area contributed by atoms with Gasteiger partial charge in [-0.05, 0) is 68.5 Å². The number of sulfonamides is 1. The van der Waals surface area contributed by atoms with Gasteiger partial charge >= 0.3 is 0 Å². The van der Waals surface area contributed by atoms with Gasteiger partial charge in [-0.3, -0.25) is 0 Å². The average molecular weight is 351 g/mol. The van der Waals surface area contributed by atoms with Crippen molar-refractivity contribution < 1.29 is 12.8 Å². The van der Waals surface area contributed by atoms with Crippen LogP contribution in [0.4, 0.5) is 4.39 Å². The molecule has 2 N–H and O–H groups in total. The fourth-order valence-corrected chi connectivity index (χ4v) is 3.99. The van der Waals surface area contributed by atoms with Gasteiger partial charge in [0.05, 0.1) is 4.90 Å². The van der Waals surface area contributed by atoms with Crippen LogP contribution >= 0.6 is 12.4 Å². The summed E-state index contributed by atoms with van der Waals surface area (Å²) in [5, 5.41) is 3.27. The van der Waals surface area contributed by atoms with E-state index in [0.717, 1.165) is 25.9 Å². The highest BCUT2D eigenvalue weighted by Crippen LogP contribution is 2.27. The standard InChI is InChI=1S/C15H23FN2O2S.ClH/c1-11-8-13(9-12(2)14(11)16)21(19,20)18-10-15(3)4-6-17-7-5-15;/h8-9,17-18H,4-7,10H2,1-3H3;1H. The Bertz CT molecular complexity index is 605. The van der Waals surface area contributed by atoms with Crippen molar-refractivity contribution in [2.75, 3.05) is 19.6 Å². The molecule has 126 valence electrons. The summed E-state index contributed by atoms with van der Waals surface area (Å²) in [6.07, 6.45) is 1.88. The van der Waals surface area contributed by atoms with Crippen LogP contribution in [0.2, 0.25) is 0 Å². The Kier molecular flexibility index (Phi) is 6.38. The Balaban J connectivity index is 0.00000242. The van der Waals surface area contributed by atoms with Gasteiger partial charge < -0.3 is 5.32 Å². The highest BCUT2D eigenvalue weighted by molar-refractivity contribution is 7.89. The second-order valence-electron chi connectivity index (χ2n) is 6.26. The lowest BCUT2D eigenvalue weighted by Crippen LogP contribution is -2.42. The molecular formula is C15H24ClFN2O2S. The molecule has 1 aliphatic rings. The van der Waals surface area contributed by atoms with Gasteiger partial charge in [-0.2, -0.15) is 0 Å². The summed E-state index contributed by atoms with van der Waals surface area (Å²) >= 11 is 0. The normalized spacial score (nSPS) is 17.8. The van der Waals surface area contributed by atoms with E-state index in [2.05, 4.69) is 17.0 Å². The van der Waals surface area contributed by atoms with Crippen molar-refractivity contribution in [2.45, 2.75) is 38.5 Å². The van der Waals surface area contributed by atoms with Gasteiger partial charge in [0.25, 0.3) is 0 Å². The predicted octanol–water partition coefficient (Wildman–Crippen LogP) is 2.53. The van der Waals surface area contributed by atoms with Crippen LogP contribution in [-0.4, -0.2) is 28.1 Å². The SMILES string of the molecule is Cc1cc(S(=O)(=O)NCC2(C)CCNCC2)cc(C)c1F.Cl. The van der Waals surface area contributed by atoms with E-state index in [9.17, 15) is 12.8 Å². The highest BCUT2D eigenvalue weighted by atomic mass is 35.5. The van der Waals surface area contributed by atoms with Crippen molar-refractivity contribution >= 4 is 22.4 Å². The first-order valence-electron chi connectivity index (χ1n) is 7.21. The van der Waals surface area contributed by atoms with Crippen molar-refractivity contribution in [1.82, 2.24) is 10.0 Å². The summed E-state index contributed by atoms with van der Waals surface area (Å²) in [5.74, 6) is -0.348. The zero-order valence-electron chi connectivity index (χ0n) is 13.2. The maximum Gasteiger partial charge on any atom is 0.240 e. The molecule has 1 aliphatic heterocycles. The molecule has 1 aromatic carbocycles. The Labute approximate surface area is 138 Å². The molecule has 0 aliphatic carbocycles. The minimum atomic E-state index is -3.60. The first kappa shape index (κ1) is 19.4. The minimum Gasteiger partial charge on any atom is -0.317 e. The van der Waals surface area contributed by atoms with E-state index in [1.54, 1.807) is 13.8 Å². The molecule has 1 saturated heterocycles. The molecule has 22 heavy (non-hydrogen) atoms. The third-order valence-electron chi connectivity index (χ3n) is 4.22. The smallest absolute Gasteiger partial charge is 0.240 e. The summed E-state index contributed by atoms with van der Waals surface area (Å²) in [7, 11) is -3.60. The first-order valence-corrected chi connectivity index (χ1v) is 8.69. The lowest BCUT2D eigenvalue weighted by molar-refractivity contribution is 0.232. The Morgan fingerprint density at radius 1 is 1.23 bits per heavy atom. The number of rotatable bonds is 4. The first-order chi connectivity index (χ1) is 9.73. The number of halogens is 2. The van der Waals surface area contributed by atoms with Gasteiger partial charge in [0.15, 0.2) is 0 Å². The Morgan fingerprint density at radius 2 is 1.73 bits per heavy atom. The lowest BCUT2D eigenvalue weighted by atomic mass is 9.81. The number of benzene rings is 1. The fourth-order valence-electron chi connectivity index (χ4n) is 2.62. The molecule has 0 saturated carbocycles. The molecule has 0 spiro atoms. The summed E-state index contributed by atoms with van der Waals surface area (Å²) in [4.78, 5) is 0.136. The summed E-state index contributed by atoms with van der Waals surface area (Å²) in [6.45, 7) is 7.48. The number of nitrogens with one attached hydrogen (secondary N) is 2. The van der Waals surface area contributed by atoms with Crippen LogP contribution in [0, 0.1) is 25.1 Å². The summed E-state index contributed by atoms with van der Waals surface area (Å²) in [5.41, 5.74) is 0.675. The van der Waals surface area contributed by atoms with E-state index in [-0.39, 0.29) is 28.5 Å². The summed E-state index contributed by atoms with van der Waals surface area (Å²) < 4.78 is 41.1. The molecule has 0 unspecified atom stereocenters. The molecule has 1 aromatic rings. The van der Waals surface area contributed by atoms with Crippen LogP contribution in [0.5, 0.6) is 0 Å². The third-order valence-corrected chi connectivity index (χ3v) is 5.60. The van der Waals surface area contributed by atoms with Crippen LogP contribution in [0.25, 0.3) is 0 Å². The molecule has 7 heteroatoms. The molecule has 0 aromatic heterocycles. The van der Waals surface area contributed by atoms with Crippen molar-refractivity contribution in [3.8, 4) is 0 Å². The van der Waals surface area contributed by atoms with Crippen molar-refractivity contribution in [3.63, 3.8) is 0 Å². The molecule has 1 fully saturated rings. The second kappa shape index (κ2) is 7.25. The highest BCUT2D eigenvalue weighted by Gasteiger charge is 2.29. The third kappa shape index (κ3) is 4.41. The number of aryl methyl sites for hydroxylation is 2. The molecule has 0 bridgehead atoms. The van der Waals surface area contributed by atoms with Crippen LogP contribution in [0.3, 0.4) is 0 Å². The average Bonchev–Trinajstić information content (AvgIpc) is 2.43. The van der Waals surface area contributed by atoms with Crippen LogP contribution < -0.4 is 10.0 Å². The fraction of sp³-hybridized carbons (Fsp3) is 0.600. The molecular weight excluding hydrogens is 327 g/mol. The van der Waals surface area contributed by atoms with E-state index in [1.807, 2.05) is 0 Å². The number of hydrogen-bond donors (Lipinski definition) is 2. The molecule has 0 atom stereocenters. The van der Waals surface area contributed by atoms with Crippen molar-refractivity contribution in [3.05, 3.63) is 29.1 Å². The zero-order chi connectivity index (χ0) is 15.7. The van der Waals surface area contributed by atoms with Gasteiger partial charge in [-0.1, -0.05) is 6.92 Å². The van der Waals surface area contributed by atoms with Gasteiger partial charge in [0.1, 0.15) is 5.82 Å². The van der Waals surface area contributed by atoms with E-state index < -0.39 is 10.0 Å². The van der Waals surface area contributed by atoms with Crippen LogP contribution in [0.1, 0.15) is 30.9 Å². The van der Waals surface area contributed by atoms with E-state index in [0.29, 0.717) is 17.7 Å². The maximum absolute atomic E-state index is 13.6. The topological polar surface area (TPSA) is 58.2 Å². The van der Waals surface area contributed by atoms with Crippen LogP contribution in [0.15, 0.2) is 17.0 Å². The largest absolute Gasteiger partial charge is 0.317 e. The van der Waals surface area contributed by atoms with Crippen molar-refractivity contribution in [2.24, 2.45) is 5.41 Å². The Morgan fingerprint density at radius 3 is 2.23 bits per heavy atom. The predicted molar refractivity (Wildman–Crippen MR) is 88.5 cm³/mol. The molecule has 4 nitrogen and oxygen atoms in total. The van der Waals surface area contributed by atoms with E-state index >= 15 is 0 Å². The van der Waals surface area contributed by atoms with Gasteiger partial charge in [-0.25, -0.2) is 17.5 Å². The van der Waals surface area contributed by atoms with Crippen molar-refractivity contribution in [1.29, 1.82) is 0 Å². The molecule has 0 radical (unpaired) electrons. The maximum atomic E-state index is 13.6.